The molecule has 98 valence electrons. The molecular weight excluding hydrogens is 298 g/mol. The first-order valence-electron chi connectivity index (χ1n) is 5.48. The number of carbonyl (C=O) groups excluding carboxylic acids is 1. The Kier molecular flexibility index (Phi) is 5.88. The number of methoxy groups -OCH3 is 1. The molecule has 1 N–H and O–H groups in total. The van der Waals surface area contributed by atoms with Crippen molar-refractivity contribution in [1.82, 2.24) is 4.90 Å². The summed E-state index contributed by atoms with van der Waals surface area (Å²) in [7, 11) is 1.52. The lowest BCUT2D eigenvalue weighted by Gasteiger charge is -2.21. The molecule has 0 unspecified atom stereocenters. The molecule has 1 aromatic carbocycles. The quantitative estimate of drug-likeness (QED) is 0.818. The standard InChI is InChI=1S/C13H16BrNO3/c1-3-6-15(7-8-16)13(17)11-5-4-10(14)9-12(11)18-2/h3-5,9,16H,1,6-8H2,2H3. The Morgan fingerprint density at radius 2 is 2.33 bits per heavy atom. The number of aliphatic hydroxyl groups excluding tert-OH is 1. The van der Waals surface area contributed by atoms with Gasteiger partial charge in [0.15, 0.2) is 0 Å². The van der Waals surface area contributed by atoms with E-state index in [1.165, 1.54) is 12.0 Å². The number of halogens is 1. The van der Waals surface area contributed by atoms with E-state index in [1.54, 1.807) is 24.3 Å². The van der Waals surface area contributed by atoms with Crippen LogP contribution in [0.15, 0.2) is 35.3 Å². The molecule has 0 fully saturated rings. The molecule has 0 spiro atoms. The lowest BCUT2D eigenvalue weighted by molar-refractivity contribution is 0.0739. The molecule has 0 saturated heterocycles. The normalized spacial score (nSPS) is 9.94. The SMILES string of the molecule is C=CCN(CCO)C(=O)c1ccc(Br)cc1OC. The molecule has 1 rings (SSSR count). The molecule has 0 radical (unpaired) electrons. The van der Waals surface area contributed by atoms with Crippen molar-refractivity contribution in [2.24, 2.45) is 0 Å². The zero-order valence-corrected chi connectivity index (χ0v) is 11.8. The topological polar surface area (TPSA) is 49.8 Å². The zero-order chi connectivity index (χ0) is 13.5. The van der Waals surface area contributed by atoms with Gasteiger partial charge in [0.25, 0.3) is 5.91 Å². The van der Waals surface area contributed by atoms with Crippen LogP contribution in [-0.4, -0.2) is 42.7 Å². The van der Waals surface area contributed by atoms with Gasteiger partial charge in [0, 0.05) is 17.6 Å². The molecule has 0 bridgehead atoms. The minimum Gasteiger partial charge on any atom is -0.496 e. The summed E-state index contributed by atoms with van der Waals surface area (Å²) in [5.74, 6) is 0.315. The third-order valence-electron chi connectivity index (χ3n) is 2.40. The molecule has 0 heterocycles. The predicted molar refractivity (Wildman–Crippen MR) is 73.9 cm³/mol. The number of nitrogens with zero attached hydrogens (tertiary/aromatic N) is 1. The molecule has 0 aliphatic heterocycles. The summed E-state index contributed by atoms with van der Waals surface area (Å²) in [6.45, 7) is 4.17. The summed E-state index contributed by atoms with van der Waals surface area (Å²) < 4.78 is 6.03. The van der Waals surface area contributed by atoms with E-state index in [-0.39, 0.29) is 19.1 Å². The fraction of sp³-hybridized carbons (Fsp3) is 0.308. The molecule has 1 amide bonds. The number of aliphatic hydroxyl groups is 1. The van der Waals surface area contributed by atoms with Gasteiger partial charge in [-0.15, -0.1) is 6.58 Å². The van der Waals surface area contributed by atoms with E-state index in [9.17, 15) is 4.79 Å². The third kappa shape index (κ3) is 3.58. The van der Waals surface area contributed by atoms with Crippen LogP contribution in [0.3, 0.4) is 0 Å². The largest absolute Gasteiger partial charge is 0.496 e. The van der Waals surface area contributed by atoms with Gasteiger partial charge >= 0.3 is 0 Å². The average Bonchev–Trinajstić information content (AvgIpc) is 2.37. The second-order valence-electron chi connectivity index (χ2n) is 3.61. The van der Waals surface area contributed by atoms with E-state index in [2.05, 4.69) is 22.5 Å². The van der Waals surface area contributed by atoms with Crippen molar-refractivity contribution in [2.45, 2.75) is 0 Å². The van der Waals surface area contributed by atoms with Gasteiger partial charge in [-0.1, -0.05) is 22.0 Å². The van der Waals surface area contributed by atoms with Gasteiger partial charge < -0.3 is 14.7 Å². The van der Waals surface area contributed by atoms with Gasteiger partial charge in [0.2, 0.25) is 0 Å². The first kappa shape index (κ1) is 14.7. The molecule has 4 nitrogen and oxygen atoms in total. The maximum Gasteiger partial charge on any atom is 0.257 e. The van der Waals surface area contributed by atoms with Gasteiger partial charge in [-0.25, -0.2) is 0 Å². The number of rotatable bonds is 6. The predicted octanol–water partition coefficient (Wildman–Crippen LogP) is 2.08. The maximum absolute atomic E-state index is 12.3. The van der Waals surface area contributed by atoms with Crippen LogP contribution in [0.4, 0.5) is 0 Å². The molecule has 0 aliphatic rings. The molecule has 0 atom stereocenters. The van der Waals surface area contributed by atoms with E-state index < -0.39 is 0 Å². The number of ether oxygens (including phenoxy) is 1. The van der Waals surface area contributed by atoms with Crippen LogP contribution in [0.1, 0.15) is 10.4 Å². The summed E-state index contributed by atoms with van der Waals surface area (Å²) in [6.07, 6.45) is 1.62. The number of hydrogen-bond donors (Lipinski definition) is 1. The lowest BCUT2D eigenvalue weighted by atomic mass is 10.1. The highest BCUT2D eigenvalue weighted by Gasteiger charge is 2.18. The highest BCUT2D eigenvalue weighted by molar-refractivity contribution is 9.10. The third-order valence-corrected chi connectivity index (χ3v) is 2.89. The molecule has 0 aliphatic carbocycles. The van der Waals surface area contributed by atoms with Crippen LogP contribution in [0.25, 0.3) is 0 Å². The summed E-state index contributed by atoms with van der Waals surface area (Å²) in [6, 6.07) is 5.21. The second-order valence-corrected chi connectivity index (χ2v) is 4.52. The fourth-order valence-electron chi connectivity index (χ4n) is 1.56. The van der Waals surface area contributed by atoms with Crippen LogP contribution < -0.4 is 4.74 Å². The van der Waals surface area contributed by atoms with E-state index in [0.717, 1.165) is 4.47 Å². The van der Waals surface area contributed by atoms with Crippen molar-refractivity contribution >= 4 is 21.8 Å². The Hall–Kier alpha value is -1.33. The Morgan fingerprint density at radius 3 is 2.89 bits per heavy atom. The van der Waals surface area contributed by atoms with Crippen molar-refractivity contribution in [1.29, 1.82) is 0 Å². The fourth-order valence-corrected chi connectivity index (χ4v) is 1.90. The van der Waals surface area contributed by atoms with Gasteiger partial charge in [-0.05, 0) is 18.2 Å². The monoisotopic (exact) mass is 313 g/mol. The van der Waals surface area contributed by atoms with Gasteiger partial charge in [0.1, 0.15) is 5.75 Å². The van der Waals surface area contributed by atoms with Crippen LogP contribution in [-0.2, 0) is 0 Å². The van der Waals surface area contributed by atoms with Crippen molar-refractivity contribution in [3.8, 4) is 5.75 Å². The Balaban J connectivity index is 3.03. The summed E-state index contributed by atoms with van der Waals surface area (Å²) in [5.41, 5.74) is 0.469. The summed E-state index contributed by atoms with van der Waals surface area (Å²) >= 11 is 3.32. The number of carbonyl (C=O) groups is 1. The highest BCUT2D eigenvalue weighted by atomic mass is 79.9. The Labute approximate surface area is 115 Å². The summed E-state index contributed by atoms with van der Waals surface area (Å²) in [5, 5.41) is 8.96. The number of hydrogen-bond acceptors (Lipinski definition) is 3. The average molecular weight is 314 g/mol. The minimum atomic E-state index is -0.187. The smallest absolute Gasteiger partial charge is 0.257 e. The summed E-state index contributed by atoms with van der Waals surface area (Å²) in [4.78, 5) is 13.8. The first-order valence-corrected chi connectivity index (χ1v) is 6.28. The van der Waals surface area contributed by atoms with E-state index in [4.69, 9.17) is 9.84 Å². The van der Waals surface area contributed by atoms with Crippen molar-refractivity contribution in [2.75, 3.05) is 26.8 Å². The van der Waals surface area contributed by atoms with Crippen LogP contribution in [0.5, 0.6) is 5.75 Å². The van der Waals surface area contributed by atoms with Crippen molar-refractivity contribution < 1.29 is 14.6 Å². The second kappa shape index (κ2) is 7.18. The minimum absolute atomic E-state index is 0.0849. The van der Waals surface area contributed by atoms with E-state index in [1.807, 2.05) is 0 Å². The first-order chi connectivity index (χ1) is 8.63. The van der Waals surface area contributed by atoms with Crippen LogP contribution >= 0.6 is 15.9 Å². The Morgan fingerprint density at radius 1 is 1.61 bits per heavy atom. The molecule has 18 heavy (non-hydrogen) atoms. The molecule has 1 aromatic rings. The van der Waals surface area contributed by atoms with E-state index >= 15 is 0 Å². The van der Waals surface area contributed by atoms with Crippen molar-refractivity contribution in [3.63, 3.8) is 0 Å². The highest BCUT2D eigenvalue weighted by Crippen LogP contribution is 2.24. The van der Waals surface area contributed by atoms with E-state index in [0.29, 0.717) is 17.9 Å². The molecule has 5 heteroatoms. The van der Waals surface area contributed by atoms with Gasteiger partial charge in [-0.3, -0.25) is 4.79 Å². The van der Waals surface area contributed by atoms with Gasteiger partial charge in [-0.2, -0.15) is 0 Å². The van der Waals surface area contributed by atoms with Gasteiger partial charge in [0.05, 0.1) is 19.3 Å². The van der Waals surface area contributed by atoms with Crippen LogP contribution in [0, 0.1) is 0 Å². The number of benzene rings is 1. The molecule has 0 aromatic heterocycles. The zero-order valence-electron chi connectivity index (χ0n) is 10.2. The molecular formula is C13H16BrNO3. The lowest BCUT2D eigenvalue weighted by Crippen LogP contribution is -2.33. The Bertz CT molecular complexity index is 434. The van der Waals surface area contributed by atoms with Crippen molar-refractivity contribution in [3.05, 3.63) is 40.9 Å². The number of amides is 1. The van der Waals surface area contributed by atoms with Crippen LogP contribution in [0.2, 0.25) is 0 Å². The molecule has 0 saturated carbocycles. The maximum atomic E-state index is 12.3.